The average molecular weight is 237 g/mol. The van der Waals surface area contributed by atoms with Crippen LogP contribution in [0.4, 0.5) is 5.82 Å². The number of nitrogens with zero attached hydrogens (tertiary/aromatic N) is 3. The summed E-state index contributed by atoms with van der Waals surface area (Å²) < 4.78 is 0. The summed E-state index contributed by atoms with van der Waals surface area (Å²) in [7, 11) is 0. The molecule has 0 atom stereocenters. The molecule has 0 saturated carbocycles. The second-order valence-corrected chi connectivity index (χ2v) is 3.80. The van der Waals surface area contributed by atoms with Crippen LogP contribution in [-0.4, -0.2) is 20.2 Å². The van der Waals surface area contributed by atoms with Crippen LogP contribution in [0.25, 0.3) is 22.6 Å². The van der Waals surface area contributed by atoms with Crippen LogP contribution in [0.2, 0.25) is 0 Å². The van der Waals surface area contributed by atoms with Gasteiger partial charge in [-0.1, -0.05) is 30.3 Å². The molecule has 0 amide bonds. The Balaban J connectivity index is 2.19. The molecule has 0 aliphatic heterocycles. The highest BCUT2D eigenvalue weighted by Crippen LogP contribution is 2.32. The van der Waals surface area contributed by atoms with E-state index in [2.05, 4.69) is 20.2 Å². The van der Waals surface area contributed by atoms with Crippen LogP contribution in [-0.2, 0) is 0 Å². The Morgan fingerprint density at radius 2 is 1.67 bits per heavy atom. The second kappa shape index (κ2) is 4.29. The Morgan fingerprint density at radius 1 is 0.944 bits per heavy atom. The largest absolute Gasteiger partial charge is 0.382 e. The zero-order valence-corrected chi connectivity index (χ0v) is 9.54. The third-order valence-electron chi connectivity index (χ3n) is 2.65. The van der Waals surface area contributed by atoms with Gasteiger partial charge in [-0.2, -0.15) is 5.10 Å². The maximum absolute atomic E-state index is 5.91. The molecule has 5 heteroatoms. The Bertz CT molecular complexity index is 646. The van der Waals surface area contributed by atoms with Crippen molar-refractivity contribution in [3.8, 4) is 22.6 Å². The zero-order valence-electron chi connectivity index (χ0n) is 9.54. The van der Waals surface area contributed by atoms with E-state index in [4.69, 9.17) is 5.73 Å². The minimum atomic E-state index is 0.448. The van der Waals surface area contributed by atoms with Crippen molar-refractivity contribution >= 4 is 5.82 Å². The maximum atomic E-state index is 5.91. The molecule has 0 unspecified atom stereocenters. The molecule has 2 heterocycles. The van der Waals surface area contributed by atoms with E-state index in [1.165, 1.54) is 0 Å². The number of rotatable bonds is 2. The van der Waals surface area contributed by atoms with Crippen molar-refractivity contribution in [1.29, 1.82) is 0 Å². The first-order valence-electron chi connectivity index (χ1n) is 5.53. The number of nitrogens with one attached hydrogen (secondary N) is 1. The number of H-pyrrole nitrogens is 1. The summed E-state index contributed by atoms with van der Waals surface area (Å²) in [5.41, 5.74) is 8.48. The average Bonchev–Trinajstić information content (AvgIpc) is 2.83. The number of aromatic amines is 1. The lowest BCUT2D eigenvalue weighted by atomic mass is 10.1. The van der Waals surface area contributed by atoms with Gasteiger partial charge in [0.1, 0.15) is 5.69 Å². The van der Waals surface area contributed by atoms with Crippen LogP contribution in [0.5, 0.6) is 0 Å². The van der Waals surface area contributed by atoms with Gasteiger partial charge in [0.15, 0.2) is 11.6 Å². The fraction of sp³-hybridized carbons (Fsp3) is 0. The van der Waals surface area contributed by atoms with Crippen molar-refractivity contribution in [2.24, 2.45) is 0 Å². The molecule has 0 spiro atoms. The molecule has 0 saturated heterocycles. The SMILES string of the molecule is Nc1n[nH]c(-c2ncccn2)c1-c1ccccc1. The van der Waals surface area contributed by atoms with E-state index in [0.717, 1.165) is 16.8 Å². The number of aromatic nitrogens is 4. The predicted molar refractivity (Wildman–Crippen MR) is 69.5 cm³/mol. The first-order chi connectivity index (χ1) is 8.86. The van der Waals surface area contributed by atoms with Crippen molar-refractivity contribution in [2.45, 2.75) is 0 Å². The molecule has 18 heavy (non-hydrogen) atoms. The van der Waals surface area contributed by atoms with Crippen molar-refractivity contribution < 1.29 is 0 Å². The first kappa shape index (κ1) is 10.5. The molecule has 3 rings (SSSR count). The van der Waals surface area contributed by atoms with Crippen LogP contribution in [0.3, 0.4) is 0 Å². The number of nitrogen functional groups attached to an aromatic ring is 1. The van der Waals surface area contributed by atoms with Gasteiger partial charge in [-0.05, 0) is 11.6 Å². The molecular weight excluding hydrogens is 226 g/mol. The third-order valence-corrected chi connectivity index (χ3v) is 2.65. The van der Waals surface area contributed by atoms with Crippen LogP contribution < -0.4 is 5.73 Å². The molecule has 0 radical (unpaired) electrons. The van der Waals surface area contributed by atoms with Gasteiger partial charge < -0.3 is 5.73 Å². The molecule has 0 aliphatic rings. The lowest BCUT2D eigenvalue weighted by Gasteiger charge is -2.02. The van der Waals surface area contributed by atoms with Gasteiger partial charge in [-0.3, -0.25) is 5.10 Å². The summed E-state index contributed by atoms with van der Waals surface area (Å²) in [6, 6.07) is 11.6. The summed E-state index contributed by atoms with van der Waals surface area (Å²) in [5, 5.41) is 6.93. The summed E-state index contributed by atoms with van der Waals surface area (Å²) >= 11 is 0. The lowest BCUT2D eigenvalue weighted by Crippen LogP contribution is -1.91. The zero-order chi connectivity index (χ0) is 12.4. The molecule has 88 valence electrons. The standard InChI is InChI=1S/C13H11N5/c14-12-10(9-5-2-1-3-6-9)11(17-18-12)13-15-7-4-8-16-13/h1-8H,(H3,14,17,18). The van der Waals surface area contributed by atoms with Crippen molar-refractivity contribution in [2.75, 3.05) is 5.73 Å². The Labute approximate surface area is 104 Å². The molecule has 2 aromatic heterocycles. The third kappa shape index (κ3) is 1.71. The molecule has 3 N–H and O–H groups in total. The number of nitrogens with two attached hydrogens (primary N) is 1. The van der Waals surface area contributed by atoms with Gasteiger partial charge >= 0.3 is 0 Å². The van der Waals surface area contributed by atoms with Crippen molar-refractivity contribution in [3.05, 3.63) is 48.8 Å². The van der Waals surface area contributed by atoms with Gasteiger partial charge in [-0.15, -0.1) is 0 Å². The Kier molecular flexibility index (Phi) is 2.49. The highest BCUT2D eigenvalue weighted by Gasteiger charge is 2.15. The molecular formula is C13H11N5. The van der Waals surface area contributed by atoms with Crippen LogP contribution in [0.1, 0.15) is 0 Å². The maximum Gasteiger partial charge on any atom is 0.178 e. The van der Waals surface area contributed by atoms with Gasteiger partial charge in [0, 0.05) is 12.4 Å². The molecule has 1 aromatic carbocycles. The van der Waals surface area contributed by atoms with E-state index < -0.39 is 0 Å². The summed E-state index contributed by atoms with van der Waals surface area (Å²) in [6.45, 7) is 0. The van der Waals surface area contributed by atoms with E-state index in [9.17, 15) is 0 Å². The summed E-state index contributed by atoms with van der Waals surface area (Å²) in [6.07, 6.45) is 3.38. The molecule has 5 nitrogen and oxygen atoms in total. The van der Waals surface area contributed by atoms with Gasteiger partial charge in [-0.25, -0.2) is 9.97 Å². The number of hydrogen-bond acceptors (Lipinski definition) is 4. The van der Waals surface area contributed by atoms with Crippen molar-refractivity contribution in [3.63, 3.8) is 0 Å². The fourth-order valence-electron chi connectivity index (χ4n) is 1.84. The Hall–Kier alpha value is -2.69. The quantitative estimate of drug-likeness (QED) is 0.715. The summed E-state index contributed by atoms with van der Waals surface area (Å²) in [4.78, 5) is 8.42. The molecule has 0 fully saturated rings. The van der Waals surface area contributed by atoms with E-state index in [1.807, 2.05) is 30.3 Å². The first-order valence-corrected chi connectivity index (χ1v) is 5.53. The minimum absolute atomic E-state index is 0.448. The van der Waals surface area contributed by atoms with Gasteiger partial charge in [0.2, 0.25) is 0 Å². The highest BCUT2D eigenvalue weighted by atomic mass is 15.2. The topological polar surface area (TPSA) is 80.5 Å². The van der Waals surface area contributed by atoms with E-state index >= 15 is 0 Å². The summed E-state index contributed by atoms with van der Waals surface area (Å²) in [5.74, 6) is 1.03. The van der Waals surface area contributed by atoms with Crippen LogP contribution in [0.15, 0.2) is 48.8 Å². The number of hydrogen-bond donors (Lipinski definition) is 2. The van der Waals surface area contributed by atoms with Crippen molar-refractivity contribution in [1.82, 2.24) is 20.2 Å². The molecule has 0 bridgehead atoms. The monoisotopic (exact) mass is 237 g/mol. The number of benzene rings is 1. The van der Waals surface area contributed by atoms with Gasteiger partial charge in [0.05, 0.1) is 5.56 Å². The van der Waals surface area contributed by atoms with E-state index in [1.54, 1.807) is 18.5 Å². The smallest absolute Gasteiger partial charge is 0.178 e. The van der Waals surface area contributed by atoms with Crippen LogP contribution in [0, 0.1) is 0 Å². The lowest BCUT2D eigenvalue weighted by molar-refractivity contribution is 1.07. The fourth-order valence-corrected chi connectivity index (χ4v) is 1.84. The second-order valence-electron chi connectivity index (χ2n) is 3.80. The number of anilines is 1. The molecule has 3 aromatic rings. The Morgan fingerprint density at radius 3 is 2.39 bits per heavy atom. The van der Waals surface area contributed by atoms with Gasteiger partial charge in [0.25, 0.3) is 0 Å². The predicted octanol–water partition coefficient (Wildman–Crippen LogP) is 2.12. The van der Waals surface area contributed by atoms with E-state index in [0.29, 0.717) is 11.6 Å². The highest BCUT2D eigenvalue weighted by molar-refractivity contribution is 5.85. The van der Waals surface area contributed by atoms with E-state index in [-0.39, 0.29) is 0 Å². The molecule has 0 aliphatic carbocycles. The normalized spacial score (nSPS) is 10.4. The minimum Gasteiger partial charge on any atom is -0.382 e. The van der Waals surface area contributed by atoms with Crippen LogP contribution >= 0.6 is 0 Å².